The number of halogens is 1. The predicted octanol–water partition coefficient (Wildman–Crippen LogP) is 3.71. The van der Waals surface area contributed by atoms with Crippen molar-refractivity contribution in [2.75, 3.05) is 13.7 Å². The molecule has 7 nitrogen and oxygen atoms in total. The highest BCUT2D eigenvalue weighted by molar-refractivity contribution is 5.34. The molecule has 0 saturated carbocycles. The quantitative estimate of drug-likeness (QED) is 0.334. The fourth-order valence-electron chi connectivity index (χ4n) is 2.68. The molecule has 0 aliphatic heterocycles. The number of nitrogens with zero attached hydrogens (tertiary/aromatic N) is 1. The first-order chi connectivity index (χ1) is 13.8. The number of nitro benzene ring substituents is 1. The zero-order chi connectivity index (χ0) is 21.4. The average molecular weight is 403 g/mol. The van der Waals surface area contributed by atoms with Crippen LogP contribution in [-0.4, -0.2) is 34.0 Å². The number of aliphatic hydroxyl groups excluding tert-OH is 2. The molecule has 0 radical (unpaired) electrons. The molecule has 0 aliphatic carbocycles. The molecule has 154 valence electrons. The van der Waals surface area contributed by atoms with E-state index in [1.807, 2.05) is 0 Å². The van der Waals surface area contributed by atoms with Gasteiger partial charge in [-0.25, -0.2) is 4.39 Å². The predicted molar refractivity (Wildman–Crippen MR) is 104 cm³/mol. The Morgan fingerprint density at radius 3 is 2.45 bits per heavy atom. The molecule has 29 heavy (non-hydrogen) atoms. The second-order valence-corrected chi connectivity index (χ2v) is 6.42. The van der Waals surface area contributed by atoms with Crippen molar-refractivity contribution in [2.24, 2.45) is 0 Å². The Hall–Kier alpha value is -3.03. The summed E-state index contributed by atoms with van der Waals surface area (Å²) in [5.74, 6) is -1.30. The minimum Gasteiger partial charge on any atom is -0.505 e. The van der Waals surface area contributed by atoms with Crippen LogP contribution in [-0.2, 0) is 4.74 Å². The third-order valence-electron chi connectivity index (χ3n) is 4.25. The minimum absolute atomic E-state index is 0.0619. The molecule has 0 aliphatic rings. The number of aromatic hydroxyl groups is 1. The maximum atomic E-state index is 13.4. The van der Waals surface area contributed by atoms with E-state index in [-0.39, 0.29) is 25.1 Å². The van der Waals surface area contributed by atoms with Crippen LogP contribution in [0.15, 0.2) is 59.8 Å². The molecule has 8 heteroatoms. The highest BCUT2D eigenvalue weighted by Crippen LogP contribution is 2.25. The monoisotopic (exact) mass is 403 g/mol. The van der Waals surface area contributed by atoms with E-state index in [1.54, 1.807) is 6.08 Å². The molecule has 0 bridgehead atoms. The summed E-state index contributed by atoms with van der Waals surface area (Å²) in [5, 5.41) is 40.4. The minimum atomic E-state index is -0.985. The molecule has 2 rings (SSSR count). The third kappa shape index (κ3) is 6.51. The SMILES string of the molecule is COCC(=C=CC[C@@H](O)c1ccc(O)c(F)c1)C[C@@H](O)c1ccc([N+](=O)[O-])cc1. The van der Waals surface area contributed by atoms with E-state index in [2.05, 4.69) is 5.73 Å². The number of ether oxygens (including phenoxy) is 1. The average Bonchev–Trinajstić information content (AvgIpc) is 2.70. The first-order valence-corrected chi connectivity index (χ1v) is 8.82. The molecule has 2 aromatic carbocycles. The van der Waals surface area contributed by atoms with Crippen molar-refractivity contribution < 1.29 is 29.4 Å². The largest absolute Gasteiger partial charge is 0.505 e. The van der Waals surface area contributed by atoms with Gasteiger partial charge in [0.15, 0.2) is 11.6 Å². The van der Waals surface area contributed by atoms with E-state index in [1.165, 1.54) is 43.5 Å². The van der Waals surface area contributed by atoms with E-state index >= 15 is 0 Å². The maximum Gasteiger partial charge on any atom is 0.269 e. The summed E-state index contributed by atoms with van der Waals surface area (Å²) in [4.78, 5) is 10.2. The van der Waals surface area contributed by atoms with Crippen molar-refractivity contribution in [3.63, 3.8) is 0 Å². The van der Waals surface area contributed by atoms with Gasteiger partial charge in [-0.1, -0.05) is 6.07 Å². The van der Waals surface area contributed by atoms with Crippen molar-refractivity contribution in [3.05, 3.63) is 86.9 Å². The van der Waals surface area contributed by atoms with Gasteiger partial charge in [-0.2, -0.15) is 0 Å². The number of aliphatic hydroxyl groups is 2. The number of rotatable bonds is 9. The lowest BCUT2D eigenvalue weighted by molar-refractivity contribution is -0.384. The smallest absolute Gasteiger partial charge is 0.269 e. The van der Waals surface area contributed by atoms with Crippen LogP contribution >= 0.6 is 0 Å². The van der Waals surface area contributed by atoms with Gasteiger partial charge in [-0.15, -0.1) is 5.73 Å². The number of phenols is 1. The normalized spacial score (nSPS) is 12.7. The molecule has 0 heterocycles. The molecule has 0 unspecified atom stereocenters. The molecule has 2 aromatic rings. The Balaban J connectivity index is 2.07. The Bertz CT molecular complexity index is 906. The van der Waals surface area contributed by atoms with E-state index in [0.29, 0.717) is 16.7 Å². The molecular formula is C21H22FNO6. The number of benzene rings is 2. The van der Waals surface area contributed by atoms with Crippen molar-refractivity contribution in [1.29, 1.82) is 0 Å². The van der Waals surface area contributed by atoms with E-state index in [0.717, 1.165) is 6.07 Å². The van der Waals surface area contributed by atoms with Crippen LogP contribution in [0.3, 0.4) is 0 Å². The lowest BCUT2D eigenvalue weighted by Crippen LogP contribution is -2.03. The zero-order valence-electron chi connectivity index (χ0n) is 15.8. The van der Waals surface area contributed by atoms with Crippen molar-refractivity contribution >= 4 is 5.69 Å². The van der Waals surface area contributed by atoms with Crippen LogP contribution in [0, 0.1) is 15.9 Å². The van der Waals surface area contributed by atoms with Crippen molar-refractivity contribution in [3.8, 4) is 5.75 Å². The van der Waals surface area contributed by atoms with Crippen molar-refractivity contribution in [1.82, 2.24) is 0 Å². The summed E-state index contributed by atoms with van der Waals surface area (Å²) in [6.07, 6.45) is 0.00249. The van der Waals surface area contributed by atoms with Crippen LogP contribution in [0.2, 0.25) is 0 Å². The van der Waals surface area contributed by atoms with Gasteiger partial charge in [0.2, 0.25) is 0 Å². The standard InChI is InChI=1S/C21H22FNO6/c1-29-13-14(11-21(26)15-5-8-17(9-6-15)23(27)28)3-2-4-19(24)16-7-10-20(25)18(22)12-16/h2,5-10,12,19,21,24-26H,4,11,13H2,1H3/t3?,19-,21-/m1/s1. The van der Waals surface area contributed by atoms with Gasteiger partial charge in [0.1, 0.15) is 0 Å². The van der Waals surface area contributed by atoms with Gasteiger partial charge in [0.05, 0.1) is 23.7 Å². The molecular weight excluding hydrogens is 381 g/mol. The zero-order valence-corrected chi connectivity index (χ0v) is 15.8. The topological polar surface area (TPSA) is 113 Å². The fraction of sp³-hybridized carbons (Fsp3) is 0.286. The summed E-state index contributed by atoms with van der Waals surface area (Å²) in [6.45, 7) is 0.199. The number of nitro groups is 1. The molecule has 3 N–H and O–H groups in total. The van der Waals surface area contributed by atoms with Crippen LogP contribution in [0.25, 0.3) is 0 Å². The van der Waals surface area contributed by atoms with Gasteiger partial charge in [0, 0.05) is 32.1 Å². The van der Waals surface area contributed by atoms with Crippen molar-refractivity contribution in [2.45, 2.75) is 25.0 Å². The molecule has 0 fully saturated rings. The number of phenolic OH excluding ortho intramolecular Hbond substituents is 1. The van der Waals surface area contributed by atoms with Gasteiger partial charge in [-0.05, 0) is 47.0 Å². The Morgan fingerprint density at radius 2 is 1.86 bits per heavy atom. The molecule has 0 saturated heterocycles. The van der Waals surface area contributed by atoms with E-state index in [9.17, 15) is 29.8 Å². The summed E-state index contributed by atoms with van der Waals surface area (Å²) in [7, 11) is 1.49. The highest BCUT2D eigenvalue weighted by atomic mass is 19.1. The number of methoxy groups -OCH3 is 1. The lowest BCUT2D eigenvalue weighted by atomic mass is 10.0. The third-order valence-corrected chi connectivity index (χ3v) is 4.25. The second-order valence-electron chi connectivity index (χ2n) is 6.42. The molecule has 0 aromatic heterocycles. The van der Waals surface area contributed by atoms with Gasteiger partial charge in [0.25, 0.3) is 5.69 Å². The van der Waals surface area contributed by atoms with Gasteiger partial charge >= 0.3 is 0 Å². The summed E-state index contributed by atoms with van der Waals surface area (Å²) in [6, 6.07) is 9.27. The van der Waals surface area contributed by atoms with Gasteiger partial charge < -0.3 is 20.1 Å². The van der Waals surface area contributed by atoms with E-state index in [4.69, 9.17) is 4.74 Å². The first kappa shape index (κ1) is 22.3. The number of non-ortho nitro benzene ring substituents is 1. The Kier molecular flexibility index (Phi) is 8.06. The fourth-order valence-corrected chi connectivity index (χ4v) is 2.68. The summed E-state index contributed by atoms with van der Waals surface area (Å²) >= 11 is 0. The van der Waals surface area contributed by atoms with Crippen LogP contribution in [0.1, 0.15) is 36.2 Å². The molecule has 2 atom stereocenters. The number of hydrogen-bond donors (Lipinski definition) is 3. The maximum absolute atomic E-state index is 13.4. The Labute approximate surface area is 167 Å². The second kappa shape index (κ2) is 10.5. The van der Waals surface area contributed by atoms with Crippen LogP contribution in [0.5, 0.6) is 5.75 Å². The molecule has 0 amide bonds. The summed E-state index contributed by atoms with van der Waals surface area (Å²) in [5.41, 5.74) is 4.37. The Morgan fingerprint density at radius 1 is 1.21 bits per heavy atom. The van der Waals surface area contributed by atoms with E-state index < -0.39 is 28.7 Å². The first-order valence-electron chi connectivity index (χ1n) is 8.82. The van der Waals surface area contributed by atoms with Crippen LogP contribution in [0.4, 0.5) is 10.1 Å². The number of hydrogen-bond acceptors (Lipinski definition) is 6. The summed E-state index contributed by atoms with van der Waals surface area (Å²) < 4.78 is 18.5. The lowest BCUT2D eigenvalue weighted by Gasteiger charge is -2.12. The molecule has 0 spiro atoms. The van der Waals surface area contributed by atoms with Gasteiger partial charge in [-0.3, -0.25) is 10.1 Å². The highest BCUT2D eigenvalue weighted by Gasteiger charge is 2.13. The van der Waals surface area contributed by atoms with Crippen LogP contribution < -0.4 is 0 Å².